The Labute approximate surface area is 113 Å². The second kappa shape index (κ2) is 5.61. The third kappa shape index (κ3) is 3.26. The van der Waals surface area contributed by atoms with E-state index in [0.717, 1.165) is 18.5 Å². The highest BCUT2D eigenvalue weighted by atomic mass is 16.3. The highest BCUT2D eigenvalue weighted by Gasteiger charge is 2.25. The van der Waals surface area contributed by atoms with Crippen LogP contribution in [-0.4, -0.2) is 45.0 Å². The topological polar surface area (TPSA) is 70.4 Å². The van der Waals surface area contributed by atoms with Crippen molar-refractivity contribution in [1.29, 1.82) is 0 Å². The van der Waals surface area contributed by atoms with Gasteiger partial charge >= 0.3 is 6.03 Å². The van der Waals surface area contributed by atoms with Gasteiger partial charge in [0.2, 0.25) is 0 Å². The summed E-state index contributed by atoms with van der Waals surface area (Å²) in [5.41, 5.74) is 1.00. The van der Waals surface area contributed by atoms with Crippen LogP contribution < -0.4 is 5.32 Å². The summed E-state index contributed by atoms with van der Waals surface area (Å²) in [7, 11) is 1.85. The maximum Gasteiger partial charge on any atom is 0.323 e. The number of aliphatic hydroxyl groups excluding tert-OH is 1. The number of urea groups is 1. The SMILES string of the molecule is Cc1cc(NC(=O)N2CCC(C(C)O)CC2)nn1C. The number of aromatic nitrogens is 2. The lowest BCUT2D eigenvalue weighted by Gasteiger charge is -2.33. The second-order valence-corrected chi connectivity index (χ2v) is 5.29. The molecular formula is C13H22N4O2. The van der Waals surface area contributed by atoms with Gasteiger partial charge in [-0.25, -0.2) is 4.79 Å². The average molecular weight is 266 g/mol. The Balaban J connectivity index is 1.88. The van der Waals surface area contributed by atoms with Crippen molar-refractivity contribution in [3.05, 3.63) is 11.8 Å². The molecule has 2 heterocycles. The molecule has 1 aliphatic rings. The Bertz CT molecular complexity index is 428. The van der Waals surface area contributed by atoms with Crippen molar-refractivity contribution in [2.75, 3.05) is 18.4 Å². The molecule has 1 aromatic heterocycles. The van der Waals surface area contributed by atoms with E-state index in [2.05, 4.69) is 10.4 Å². The van der Waals surface area contributed by atoms with Crippen molar-refractivity contribution in [2.45, 2.75) is 32.8 Å². The number of likely N-dealkylation sites (tertiary alicyclic amines) is 1. The molecule has 1 atom stereocenters. The minimum absolute atomic E-state index is 0.109. The number of aryl methyl sites for hydroxylation is 2. The van der Waals surface area contributed by atoms with Gasteiger partial charge in [0.05, 0.1) is 6.10 Å². The Morgan fingerprint density at radius 2 is 2.16 bits per heavy atom. The Morgan fingerprint density at radius 1 is 1.53 bits per heavy atom. The summed E-state index contributed by atoms with van der Waals surface area (Å²) in [6.07, 6.45) is 1.42. The van der Waals surface area contributed by atoms with Gasteiger partial charge in [-0.2, -0.15) is 5.10 Å². The number of amides is 2. The number of nitrogens with one attached hydrogen (secondary N) is 1. The summed E-state index contributed by atoms with van der Waals surface area (Å²) in [5, 5.41) is 16.6. The number of hydrogen-bond acceptors (Lipinski definition) is 3. The molecule has 0 aliphatic carbocycles. The fraction of sp³-hybridized carbons (Fsp3) is 0.692. The monoisotopic (exact) mass is 266 g/mol. The molecule has 0 radical (unpaired) electrons. The highest BCUT2D eigenvalue weighted by Crippen LogP contribution is 2.21. The van der Waals surface area contributed by atoms with Gasteiger partial charge in [-0.05, 0) is 32.6 Å². The summed E-state index contributed by atoms with van der Waals surface area (Å²) < 4.78 is 1.73. The van der Waals surface area contributed by atoms with Crippen LogP contribution in [0.3, 0.4) is 0 Å². The van der Waals surface area contributed by atoms with Crippen LogP contribution in [0.5, 0.6) is 0 Å². The molecule has 0 saturated carbocycles. The summed E-state index contributed by atoms with van der Waals surface area (Å²) in [5.74, 6) is 0.892. The molecular weight excluding hydrogens is 244 g/mol. The van der Waals surface area contributed by atoms with Crippen LogP contribution in [0.1, 0.15) is 25.5 Å². The van der Waals surface area contributed by atoms with E-state index in [1.165, 1.54) is 0 Å². The first-order chi connectivity index (χ1) is 8.97. The summed E-state index contributed by atoms with van der Waals surface area (Å²) in [6.45, 7) is 5.13. The van der Waals surface area contributed by atoms with Gasteiger partial charge in [0.25, 0.3) is 0 Å². The fourth-order valence-electron chi connectivity index (χ4n) is 2.40. The van der Waals surface area contributed by atoms with Crippen LogP contribution in [0.15, 0.2) is 6.07 Å². The smallest absolute Gasteiger partial charge is 0.323 e. The molecule has 1 aromatic rings. The van der Waals surface area contributed by atoms with E-state index in [4.69, 9.17) is 0 Å². The molecule has 2 rings (SSSR count). The zero-order chi connectivity index (χ0) is 14.0. The summed E-state index contributed by atoms with van der Waals surface area (Å²) in [6, 6.07) is 1.74. The van der Waals surface area contributed by atoms with Gasteiger partial charge in [-0.15, -0.1) is 0 Å². The van der Waals surface area contributed by atoms with Crippen molar-refractivity contribution < 1.29 is 9.90 Å². The third-order valence-corrected chi connectivity index (χ3v) is 3.86. The van der Waals surface area contributed by atoms with E-state index in [1.54, 1.807) is 9.58 Å². The maximum atomic E-state index is 12.1. The maximum absolute atomic E-state index is 12.1. The molecule has 0 spiro atoms. The average Bonchev–Trinajstić information content (AvgIpc) is 2.68. The minimum atomic E-state index is -0.288. The van der Waals surface area contributed by atoms with Gasteiger partial charge in [-0.3, -0.25) is 10.00 Å². The molecule has 1 fully saturated rings. The van der Waals surface area contributed by atoms with Crippen LogP contribution in [0, 0.1) is 12.8 Å². The van der Waals surface area contributed by atoms with Crippen molar-refractivity contribution in [3.63, 3.8) is 0 Å². The first-order valence-corrected chi connectivity index (χ1v) is 6.72. The zero-order valence-corrected chi connectivity index (χ0v) is 11.8. The molecule has 2 amide bonds. The van der Waals surface area contributed by atoms with Gasteiger partial charge in [0, 0.05) is 31.9 Å². The Kier molecular flexibility index (Phi) is 4.09. The Hall–Kier alpha value is -1.56. The van der Waals surface area contributed by atoms with Crippen molar-refractivity contribution >= 4 is 11.8 Å². The highest BCUT2D eigenvalue weighted by molar-refractivity contribution is 5.88. The molecule has 6 nitrogen and oxygen atoms in total. The predicted molar refractivity (Wildman–Crippen MR) is 72.9 cm³/mol. The van der Waals surface area contributed by atoms with E-state index >= 15 is 0 Å². The van der Waals surface area contributed by atoms with Gasteiger partial charge < -0.3 is 10.0 Å². The zero-order valence-electron chi connectivity index (χ0n) is 11.8. The van der Waals surface area contributed by atoms with E-state index in [-0.39, 0.29) is 12.1 Å². The van der Waals surface area contributed by atoms with Crippen molar-refractivity contribution in [2.24, 2.45) is 13.0 Å². The lowest BCUT2D eigenvalue weighted by Crippen LogP contribution is -2.42. The molecule has 6 heteroatoms. The summed E-state index contributed by atoms with van der Waals surface area (Å²) >= 11 is 0. The fourth-order valence-corrected chi connectivity index (χ4v) is 2.40. The van der Waals surface area contributed by atoms with Gasteiger partial charge in [-0.1, -0.05) is 0 Å². The summed E-state index contributed by atoms with van der Waals surface area (Å²) in [4.78, 5) is 13.8. The quantitative estimate of drug-likeness (QED) is 0.849. The van der Waals surface area contributed by atoms with E-state index in [0.29, 0.717) is 24.8 Å². The van der Waals surface area contributed by atoms with Crippen LogP contribution in [0.4, 0.5) is 10.6 Å². The molecule has 1 aliphatic heterocycles. The molecule has 0 aromatic carbocycles. The van der Waals surface area contributed by atoms with Gasteiger partial charge in [0.15, 0.2) is 5.82 Å². The van der Waals surface area contributed by atoms with Crippen molar-refractivity contribution in [3.8, 4) is 0 Å². The van der Waals surface area contributed by atoms with E-state index < -0.39 is 0 Å². The number of aliphatic hydroxyl groups is 1. The normalized spacial score (nSPS) is 18.4. The van der Waals surface area contributed by atoms with Crippen LogP contribution in [0.25, 0.3) is 0 Å². The second-order valence-electron chi connectivity index (χ2n) is 5.29. The first-order valence-electron chi connectivity index (χ1n) is 6.72. The Morgan fingerprint density at radius 3 is 2.63 bits per heavy atom. The van der Waals surface area contributed by atoms with Gasteiger partial charge in [0.1, 0.15) is 0 Å². The number of anilines is 1. The lowest BCUT2D eigenvalue weighted by molar-refractivity contribution is 0.0820. The molecule has 0 bridgehead atoms. The number of piperidine rings is 1. The standard InChI is InChI=1S/C13H22N4O2/c1-9-8-12(15-16(9)3)14-13(19)17-6-4-11(5-7-17)10(2)18/h8,10-11,18H,4-7H2,1-3H3,(H,14,15,19). The van der Waals surface area contributed by atoms with Crippen LogP contribution >= 0.6 is 0 Å². The van der Waals surface area contributed by atoms with Crippen LogP contribution in [0.2, 0.25) is 0 Å². The minimum Gasteiger partial charge on any atom is -0.393 e. The number of carbonyl (C=O) groups is 1. The molecule has 2 N–H and O–H groups in total. The third-order valence-electron chi connectivity index (χ3n) is 3.86. The van der Waals surface area contributed by atoms with E-state index in [1.807, 2.05) is 27.0 Å². The number of hydrogen-bond donors (Lipinski definition) is 2. The molecule has 1 saturated heterocycles. The first kappa shape index (κ1) is 13.9. The predicted octanol–water partition coefficient (Wildman–Crippen LogP) is 1.35. The molecule has 1 unspecified atom stereocenters. The largest absolute Gasteiger partial charge is 0.393 e. The lowest BCUT2D eigenvalue weighted by atomic mass is 9.92. The van der Waals surface area contributed by atoms with Crippen LogP contribution in [-0.2, 0) is 7.05 Å². The van der Waals surface area contributed by atoms with Crippen molar-refractivity contribution in [1.82, 2.24) is 14.7 Å². The van der Waals surface area contributed by atoms with E-state index in [9.17, 15) is 9.90 Å². The number of rotatable bonds is 2. The molecule has 19 heavy (non-hydrogen) atoms. The molecule has 106 valence electrons. The number of carbonyl (C=O) groups excluding carboxylic acids is 1. The number of nitrogens with zero attached hydrogens (tertiary/aromatic N) is 3.